The Labute approximate surface area is 244 Å². The second-order valence-corrected chi connectivity index (χ2v) is 10.1. The summed E-state index contributed by atoms with van der Waals surface area (Å²) in [6.45, 7) is 6.54. The van der Waals surface area contributed by atoms with Gasteiger partial charge >= 0.3 is 6.18 Å². The smallest absolute Gasteiger partial charge is 0.325 e. The standard InChI is InChI=1S/C30H30F3N7O3/c1-3-22-26(21-7-5-6-8-23(21)36-24(41)4-2)28(43)40-29(37-22)39(27(38-40)18-13-15-34-16-14-18)17-25(42)35-20-11-9-19(10-12-20)30(31,32)33/h4-12,18,34H,2-3,13-17H2,1H3,(H,35,42)(H,36,41). The van der Waals surface area contributed by atoms with E-state index in [2.05, 4.69) is 27.6 Å². The van der Waals surface area contributed by atoms with Crippen molar-refractivity contribution in [2.75, 3.05) is 23.7 Å². The predicted octanol–water partition coefficient (Wildman–Crippen LogP) is 4.37. The summed E-state index contributed by atoms with van der Waals surface area (Å²) < 4.78 is 41.7. The predicted molar refractivity (Wildman–Crippen MR) is 156 cm³/mol. The molecule has 2 aromatic heterocycles. The summed E-state index contributed by atoms with van der Waals surface area (Å²) in [5, 5.41) is 13.3. The van der Waals surface area contributed by atoms with E-state index in [9.17, 15) is 27.6 Å². The number of para-hydroxylation sites is 1. The van der Waals surface area contributed by atoms with Crippen LogP contribution in [0, 0.1) is 0 Å². The third-order valence-corrected chi connectivity index (χ3v) is 7.32. The molecule has 0 radical (unpaired) electrons. The van der Waals surface area contributed by atoms with Crippen LogP contribution in [0.5, 0.6) is 0 Å². The Kier molecular flexibility index (Phi) is 8.44. The zero-order valence-corrected chi connectivity index (χ0v) is 23.4. The molecular formula is C30H30F3N7O3. The molecule has 1 fully saturated rings. The molecular weight excluding hydrogens is 563 g/mol. The van der Waals surface area contributed by atoms with Crippen molar-refractivity contribution in [1.29, 1.82) is 0 Å². The Bertz CT molecular complexity index is 1740. The fraction of sp³-hybridized carbons (Fsp3) is 0.300. The minimum Gasteiger partial charge on any atom is -0.325 e. The van der Waals surface area contributed by atoms with E-state index in [0.29, 0.717) is 29.2 Å². The first kappa shape index (κ1) is 29.7. The van der Waals surface area contributed by atoms with Crippen LogP contribution in [0.3, 0.4) is 0 Å². The zero-order chi connectivity index (χ0) is 30.7. The lowest BCUT2D eigenvalue weighted by molar-refractivity contribution is -0.137. The van der Waals surface area contributed by atoms with Gasteiger partial charge in [0.1, 0.15) is 12.4 Å². The van der Waals surface area contributed by atoms with E-state index in [4.69, 9.17) is 4.98 Å². The summed E-state index contributed by atoms with van der Waals surface area (Å²) in [5.74, 6) is -0.316. The number of rotatable bonds is 8. The van der Waals surface area contributed by atoms with Gasteiger partial charge in [0.25, 0.3) is 5.56 Å². The monoisotopic (exact) mass is 593 g/mol. The van der Waals surface area contributed by atoms with E-state index < -0.39 is 29.1 Å². The van der Waals surface area contributed by atoms with Gasteiger partial charge in [-0.1, -0.05) is 31.7 Å². The number of carbonyl (C=O) groups is 2. The van der Waals surface area contributed by atoms with Gasteiger partial charge < -0.3 is 16.0 Å². The number of nitrogens with zero attached hydrogens (tertiary/aromatic N) is 4. The molecule has 4 aromatic rings. The van der Waals surface area contributed by atoms with Gasteiger partial charge in [-0.15, -0.1) is 5.10 Å². The number of carbonyl (C=O) groups excluding carboxylic acids is 2. The summed E-state index contributed by atoms with van der Waals surface area (Å²) in [5.41, 5.74) is 0.526. The third kappa shape index (κ3) is 6.21. The van der Waals surface area contributed by atoms with E-state index in [1.54, 1.807) is 28.8 Å². The fourth-order valence-corrected chi connectivity index (χ4v) is 5.21. The Morgan fingerprint density at radius 1 is 1.09 bits per heavy atom. The molecule has 3 heterocycles. The van der Waals surface area contributed by atoms with Crippen LogP contribution in [0.2, 0.25) is 0 Å². The van der Waals surface area contributed by atoms with E-state index in [0.717, 1.165) is 44.1 Å². The fourth-order valence-electron chi connectivity index (χ4n) is 5.21. The van der Waals surface area contributed by atoms with Crippen LogP contribution in [-0.2, 0) is 28.7 Å². The number of halogens is 3. The Morgan fingerprint density at radius 3 is 2.44 bits per heavy atom. The number of anilines is 2. The quantitative estimate of drug-likeness (QED) is 0.261. The molecule has 43 heavy (non-hydrogen) atoms. The van der Waals surface area contributed by atoms with Gasteiger partial charge in [0.2, 0.25) is 17.6 Å². The highest BCUT2D eigenvalue weighted by atomic mass is 19.4. The Morgan fingerprint density at radius 2 is 1.79 bits per heavy atom. The first-order chi connectivity index (χ1) is 20.6. The van der Waals surface area contributed by atoms with Crippen molar-refractivity contribution in [3.05, 3.63) is 88.6 Å². The first-order valence-electron chi connectivity index (χ1n) is 13.8. The van der Waals surface area contributed by atoms with Crippen molar-refractivity contribution >= 4 is 29.0 Å². The van der Waals surface area contributed by atoms with E-state index in [1.807, 2.05) is 6.92 Å². The summed E-state index contributed by atoms with van der Waals surface area (Å²) in [6, 6.07) is 11.0. The molecule has 0 unspecified atom stereocenters. The lowest BCUT2D eigenvalue weighted by Crippen LogP contribution is -2.29. The molecule has 0 aliphatic carbocycles. The molecule has 1 aliphatic rings. The number of hydrogen-bond acceptors (Lipinski definition) is 6. The molecule has 1 saturated heterocycles. The molecule has 0 bridgehead atoms. The van der Waals surface area contributed by atoms with Crippen molar-refractivity contribution in [2.45, 2.75) is 44.8 Å². The van der Waals surface area contributed by atoms with Crippen LogP contribution in [-0.4, -0.2) is 44.1 Å². The highest BCUT2D eigenvalue weighted by molar-refractivity contribution is 6.01. The number of aryl methyl sites for hydroxylation is 1. The van der Waals surface area contributed by atoms with Crippen molar-refractivity contribution < 1.29 is 22.8 Å². The molecule has 0 saturated carbocycles. The second-order valence-electron chi connectivity index (χ2n) is 10.1. The van der Waals surface area contributed by atoms with Gasteiger partial charge in [-0.25, -0.2) is 4.98 Å². The number of hydrogen-bond donors (Lipinski definition) is 3. The number of nitrogens with one attached hydrogen (secondary N) is 3. The van der Waals surface area contributed by atoms with Gasteiger partial charge in [0.05, 0.1) is 16.8 Å². The van der Waals surface area contributed by atoms with Crippen molar-refractivity contribution in [2.24, 2.45) is 0 Å². The number of fused-ring (bicyclic) bond motifs is 1. The molecule has 2 amide bonds. The van der Waals surface area contributed by atoms with Crippen LogP contribution in [0.4, 0.5) is 24.5 Å². The summed E-state index contributed by atoms with van der Waals surface area (Å²) in [6.07, 6.45) is -1.54. The van der Waals surface area contributed by atoms with Gasteiger partial charge in [-0.2, -0.15) is 17.7 Å². The molecule has 0 atom stereocenters. The number of amides is 2. The van der Waals surface area contributed by atoms with Gasteiger partial charge in [0, 0.05) is 22.9 Å². The molecule has 10 nitrogen and oxygen atoms in total. The van der Waals surface area contributed by atoms with Crippen LogP contribution >= 0.6 is 0 Å². The third-order valence-electron chi connectivity index (χ3n) is 7.32. The average Bonchev–Trinajstić information content (AvgIpc) is 3.35. The summed E-state index contributed by atoms with van der Waals surface area (Å²) in [4.78, 5) is 44.1. The molecule has 224 valence electrons. The van der Waals surface area contributed by atoms with Gasteiger partial charge in [0.15, 0.2) is 0 Å². The van der Waals surface area contributed by atoms with Crippen LogP contribution in [0.15, 0.2) is 66.0 Å². The number of piperidine rings is 1. The average molecular weight is 594 g/mol. The minimum absolute atomic E-state index is 0.0612. The van der Waals surface area contributed by atoms with E-state index >= 15 is 0 Å². The SMILES string of the molecule is C=CC(=O)Nc1ccccc1-c1c(CC)nc2n(CC(=O)Nc3ccc(C(F)(F)F)cc3)c(C3CCNCC3)nn2c1=O. The molecule has 3 N–H and O–H groups in total. The zero-order valence-electron chi connectivity index (χ0n) is 23.4. The maximum atomic E-state index is 14.1. The lowest BCUT2D eigenvalue weighted by Gasteiger charge is -2.22. The lowest BCUT2D eigenvalue weighted by atomic mass is 9.97. The summed E-state index contributed by atoms with van der Waals surface area (Å²) >= 11 is 0. The molecule has 1 aliphatic heterocycles. The van der Waals surface area contributed by atoms with Crippen LogP contribution in [0.1, 0.15) is 42.8 Å². The highest BCUT2D eigenvalue weighted by Gasteiger charge is 2.30. The Hall–Kier alpha value is -4.78. The maximum Gasteiger partial charge on any atom is 0.416 e. The Balaban J connectivity index is 1.58. The maximum absolute atomic E-state index is 14.1. The number of alkyl halides is 3. The summed E-state index contributed by atoms with van der Waals surface area (Å²) in [7, 11) is 0. The van der Waals surface area contributed by atoms with Crippen LogP contribution in [0.25, 0.3) is 16.9 Å². The largest absolute Gasteiger partial charge is 0.416 e. The van der Waals surface area contributed by atoms with Gasteiger partial charge in [-0.05, 0) is 68.8 Å². The number of benzene rings is 2. The minimum atomic E-state index is -4.49. The normalized spacial score (nSPS) is 14.0. The highest BCUT2D eigenvalue weighted by Crippen LogP contribution is 2.31. The van der Waals surface area contributed by atoms with Gasteiger partial charge in [-0.3, -0.25) is 19.0 Å². The van der Waals surface area contributed by atoms with Crippen molar-refractivity contribution in [3.63, 3.8) is 0 Å². The molecule has 13 heteroatoms. The van der Waals surface area contributed by atoms with E-state index in [-0.39, 0.29) is 29.5 Å². The first-order valence-corrected chi connectivity index (χ1v) is 13.8. The van der Waals surface area contributed by atoms with Crippen molar-refractivity contribution in [1.82, 2.24) is 24.5 Å². The molecule has 5 rings (SSSR count). The van der Waals surface area contributed by atoms with Crippen LogP contribution < -0.4 is 21.5 Å². The second kappa shape index (κ2) is 12.2. The topological polar surface area (TPSA) is 122 Å². The molecule has 2 aromatic carbocycles. The van der Waals surface area contributed by atoms with Crippen molar-refractivity contribution in [3.8, 4) is 11.1 Å². The number of aromatic nitrogens is 4. The van der Waals surface area contributed by atoms with E-state index in [1.165, 1.54) is 16.6 Å². The molecule has 0 spiro atoms.